The van der Waals surface area contributed by atoms with Gasteiger partial charge in [0.2, 0.25) is 5.65 Å². The van der Waals surface area contributed by atoms with E-state index in [0.29, 0.717) is 17.1 Å². The predicted molar refractivity (Wildman–Crippen MR) is 90.2 cm³/mol. The number of carbonyl (C=O) groups excluding carboxylic acids is 1. The molecule has 1 saturated heterocycles. The summed E-state index contributed by atoms with van der Waals surface area (Å²) in [5, 5.41) is 7.92. The van der Waals surface area contributed by atoms with E-state index in [1.165, 1.54) is 10.3 Å². The molecule has 0 radical (unpaired) electrons. The van der Waals surface area contributed by atoms with E-state index in [-0.39, 0.29) is 12.1 Å². The molecule has 0 saturated carbocycles. The minimum absolute atomic E-state index is 0.126. The first-order chi connectivity index (χ1) is 11.7. The Morgan fingerprint density at radius 2 is 2.12 bits per heavy atom. The molecule has 0 bridgehead atoms. The van der Waals surface area contributed by atoms with Crippen molar-refractivity contribution in [2.24, 2.45) is 11.7 Å². The van der Waals surface area contributed by atoms with Crippen molar-refractivity contribution >= 4 is 17.2 Å². The van der Waals surface area contributed by atoms with E-state index in [4.69, 9.17) is 5.73 Å². The molecule has 2 aromatic heterocycles. The van der Waals surface area contributed by atoms with Crippen LogP contribution in [0.25, 0.3) is 11.2 Å². The summed E-state index contributed by atoms with van der Waals surface area (Å²) >= 11 is 0. The van der Waals surface area contributed by atoms with Gasteiger partial charge in [0.05, 0.1) is 0 Å². The molecule has 0 spiro atoms. The van der Waals surface area contributed by atoms with Crippen LogP contribution in [0.15, 0.2) is 42.1 Å². The highest BCUT2D eigenvalue weighted by atomic mass is 16.2. The van der Waals surface area contributed by atoms with Crippen LogP contribution < -0.4 is 5.73 Å². The number of rotatable bonds is 1. The minimum atomic E-state index is -0.126. The van der Waals surface area contributed by atoms with Crippen molar-refractivity contribution < 1.29 is 4.79 Å². The monoisotopic (exact) mass is 324 g/mol. The molecule has 24 heavy (non-hydrogen) atoms. The molecule has 3 heterocycles. The van der Waals surface area contributed by atoms with Crippen LogP contribution in [0, 0.1) is 5.92 Å². The molecule has 1 unspecified atom stereocenters. The Kier molecular flexibility index (Phi) is 3.86. The van der Waals surface area contributed by atoms with E-state index < -0.39 is 0 Å². The van der Waals surface area contributed by atoms with E-state index in [9.17, 15) is 4.79 Å². The SMILES string of the molecule is NC1C=CC(C2CCN(C(=O)n3nnc4ncccc43)CC2)=CC1. The number of nitrogens with zero attached hydrogens (tertiary/aromatic N) is 5. The zero-order valence-electron chi connectivity index (χ0n) is 13.4. The van der Waals surface area contributed by atoms with Crippen molar-refractivity contribution in [3.63, 3.8) is 0 Å². The number of fused-ring (bicyclic) bond motifs is 1. The summed E-state index contributed by atoms with van der Waals surface area (Å²) in [4.78, 5) is 18.7. The van der Waals surface area contributed by atoms with Crippen LogP contribution in [-0.4, -0.2) is 50.0 Å². The lowest BCUT2D eigenvalue weighted by molar-refractivity contribution is 0.176. The maximum absolute atomic E-state index is 12.7. The average Bonchev–Trinajstić information content (AvgIpc) is 3.06. The summed E-state index contributed by atoms with van der Waals surface area (Å²) in [5.41, 5.74) is 8.39. The number of nitrogens with two attached hydrogens (primary N) is 1. The van der Waals surface area contributed by atoms with Crippen LogP contribution in [-0.2, 0) is 0 Å². The van der Waals surface area contributed by atoms with Crippen LogP contribution in [0.3, 0.4) is 0 Å². The molecule has 124 valence electrons. The molecule has 1 amide bonds. The van der Waals surface area contributed by atoms with Gasteiger partial charge < -0.3 is 10.6 Å². The number of likely N-dealkylation sites (tertiary alicyclic amines) is 1. The topological polar surface area (TPSA) is 89.9 Å². The number of hydrogen-bond donors (Lipinski definition) is 1. The summed E-state index contributed by atoms with van der Waals surface area (Å²) in [6.45, 7) is 1.45. The van der Waals surface area contributed by atoms with Crippen molar-refractivity contribution in [3.05, 3.63) is 42.1 Å². The normalized spacial score (nSPS) is 22.0. The van der Waals surface area contributed by atoms with Gasteiger partial charge in [-0.2, -0.15) is 4.68 Å². The number of pyridine rings is 1. The molecule has 2 aliphatic rings. The van der Waals surface area contributed by atoms with Crippen molar-refractivity contribution in [1.82, 2.24) is 24.9 Å². The molecular weight excluding hydrogens is 304 g/mol. The molecule has 4 rings (SSSR count). The molecule has 2 N–H and O–H groups in total. The van der Waals surface area contributed by atoms with E-state index >= 15 is 0 Å². The summed E-state index contributed by atoms with van der Waals surface area (Å²) in [6.07, 6.45) is 10.9. The molecular formula is C17H20N6O. The number of hydrogen-bond acceptors (Lipinski definition) is 5. The number of amides is 1. The Labute approximate surface area is 139 Å². The van der Waals surface area contributed by atoms with E-state index in [1.54, 1.807) is 12.3 Å². The fourth-order valence-corrected chi connectivity index (χ4v) is 3.40. The van der Waals surface area contributed by atoms with Gasteiger partial charge in [0.1, 0.15) is 5.52 Å². The Hall–Kier alpha value is -2.54. The molecule has 1 fully saturated rings. The highest BCUT2D eigenvalue weighted by Crippen LogP contribution is 2.28. The zero-order chi connectivity index (χ0) is 16.5. The first-order valence-electron chi connectivity index (χ1n) is 8.32. The summed E-state index contributed by atoms with van der Waals surface area (Å²) in [5.74, 6) is 0.506. The van der Waals surface area contributed by atoms with Crippen LogP contribution in [0.1, 0.15) is 19.3 Å². The Morgan fingerprint density at radius 1 is 1.29 bits per heavy atom. The van der Waals surface area contributed by atoms with Crippen molar-refractivity contribution in [2.75, 3.05) is 13.1 Å². The first-order valence-corrected chi connectivity index (χ1v) is 8.32. The smallest absolute Gasteiger partial charge is 0.324 e. The van der Waals surface area contributed by atoms with Gasteiger partial charge in [-0.05, 0) is 42.9 Å². The lowest BCUT2D eigenvalue weighted by Crippen LogP contribution is -2.41. The standard InChI is InChI=1S/C17H20N6O/c18-14-5-3-12(4-6-14)13-7-10-22(11-8-13)17(24)23-15-2-1-9-19-16(15)20-21-23/h1-5,9,13-14H,6-8,10-11,18H2. The van der Waals surface area contributed by atoms with E-state index in [1.807, 2.05) is 11.0 Å². The third-order valence-electron chi connectivity index (χ3n) is 4.80. The average molecular weight is 324 g/mol. The lowest BCUT2D eigenvalue weighted by Gasteiger charge is -2.33. The van der Waals surface area contributed by atoms with E-state index in [0.717, 1.165) is 32.4 Å². The van der Waals surface area contributed by atoms with Crippen molar-refractivity contribution in [3.8, 4) is 0 Å². The lowest BCUT2D eigenvalue weighted by atomic mass is 9.86. The Morgan fingerprint density at radius 3 is 2.88 bits per heavy atom. The van der Waals surface area contributed by atoms with Crippen LogP contribution in [0.5, 0.6) is 0 Å². The Bertz CT molecular complexity index is 815. The summed E-state index contributed by atoms with van der Waals surface area (Å²) in [7, 11) is 0. The fourth-order valence-electron chi connectivity index (χ4n) is 3.40. The van der Waals surface area contributed by atoms with Gasteiger partial charge in [0.15, 0.2) is 0 Å². The third kappa shape index (κ3) is 2.71. The highest BCUT2D eigenvalue weighted by molar-refractivity contribution is 5.86. The molecule has 7 heteroatoms. The number of allylic oxidation sites excluding steroid dienone is 2. The number of piperidine rings is 1. The summed E-state index contributed by atoms with van der Waals surface area (Å²) in [6, 6.07) is 3.62. The largest absolute Gasteiger partial charge is 0.346 e. The zero-order valence-corrected chi connectivity index (χ0v) is 13.4. The van der Waals surface area contributed by atoms with Crippen molar-refractivity contribution in [2.45, 2.75) is 25.3 Å². The van der Waals surface area contributed by atoms with E-state index in [2.05, 4.69) is 33.5 Å². The number of aromatic nitrogens is 4. The van der Waals surface area contributed by atoms with Gasteiger partial charge in [0.25, 0.3) is 0 Å². The van der Waals surface area contributed by atoms with Gasteiger partial charge >= 0.3 is 6.03 Å². The fraction of sp³-hybridized carbons (Fsp3) is 0.412. The maximum atomic E-state index is 12.7. The first kappa shape index (κ1) is 15.0. The quantitative estimate of drug-likeness (QED) is 0.862. The minimum Gasteiger partial charge on any atom is -0.324 e. The second-order valence-corrected chi connectivity index (χ2v) is 6.35. The third-order valence-corrected chi connectivity index (χ3v) is 4.80. The van der Waals surface area contributed by atoms with Gasteiger partial charge in [0, 0.05) is 25.3 Å². The molecule has 1 aliphatic carbocycles. The van der Waals surface area contributed by atoms with Gasteiger partial charge in [-0.3, -0.25) is 0 Å². The van der Waals surface area contributed by atoms with Crippen LogP contribution in [0.2, 0.25) is 0 Å². The second-order valence-electron chi connectivity index (χ2n) is 6.35. The Balaban J connectivity index is 1.44. The highest BCUT2D eigenvalue weighted by Gasteiger charge is 2.27. The van der Waals surface area contributed by atoms with Crippen LogP contribution >= 0.6 is 0 Å². The number of carbonyl (C=O) groups is 1. The molecule has 1 atom stereocenters. The van der Waals surface area contributed by atoms with Gasteiger partial charge in [-0.25, -0.2) is 9.78 Å². The summed E-state index contributed by atoms with van der Waals surface area (Å²) < 4.78 is 1.35. The molecule has 7 nitrogen and oxygen atoms in total. The van der Waals surface area contributed by atoms with Crippen LogP contribution in [0.4, 0.5) is 4.79 Å². The molecule has 2 aromatic rings. The molecule has 1 aliphatic heterocycles. The molecule has 0 aromatic carbocycles. The maximum Gasteiger partial charge on any atom is 0.346 e. The van der Waals surface area contributed by atoms with Gasteiger partial charge in [-0.15, -0.1) is 5.10 Å². The predicted octanol–water partition coefficient (Wildman–Crippen LogP) is 1.72. The van der Waals surface area contributed by atoms with Crippen molar-refractivity contribution in [1.29, 1.82) is 0 Å². The van der Waals surface area contributed by atoms with Gasteiger partial charge in [-0.1, -0.05) is 23.4 Å². The second kappa shape index (κ2) is 6.16.